The maximum atomic E-state index is 13.6. The number of aryl methyl sites for hydroxylation is 1. The molecule has 0 bridgehead atoms. The first-order chi connectivity index (χ1) is 16.5. The van der Waals surface area contributed by atoms with Gasteiger partial charge in [-0.1, -0.05) is 79.7 Å². The van der Waals surface area contributed by atoms with Gasteiger partial charge < -0.3 is 10.2 Å². The Morgan fingerprint density at radius 2 is 1.53 bits per heavy atom. The first-order valence-electron chi connectivity index (χ1n) is 11.8. The molecule has 0 fully saturated rings. The van der Waals surface area contributed by atoms with Crippen molar-refractivity contribution in [2.75, 3.05) is 5.75 Å². The monoisotopic (exact) mass is 474 g/mol. The van der Waals surface area contributed by atoms with E-state index in [0.717, 1.165) is 28.0 Å². The molecule has 0 radical (unpaired) electrons. The van der Waals surface area contributed by atoms with E-state index in [0.29, 0.717) is 13.0 Å². The molecule has 0 aromatic heterocycles. The van der Waals surface area contributed by atoms with Crippen LogP contribution in [0.15, 0.2) is 89.8 Å². The Hall–Kier alpha value is -3.05. The molecule has 0 saturated carbocycles. The van der Waals surface area contributed by atoms with Gasteiger partial charge in [0, 0.05) is 23.9 Å². The molecule has 0 aliphatic heterocycles. The number of rotatable bonds is 11. The number of carbonyl (C=O) groups is 2. The van der Waals surface area contributed by atoms with E-state index in [1.54, 1.807) is 4.90 Å². The number of hydrogen-bond donors (Lipinski definition) is 1. The number of benzene rings is 3. The molecule has 0 aliphatic carbocycles. The van der Waals surface area contributed by atoms with Crippen molar-refractivity contribution < 1.29 is 9.59 Å². The molecule has 2 unspecified atom stereocenters. The molecule has 4 nitrogen and oxygen atoms in total. The highest BCUT2D eigenvalue weighted by atomic mass is 32.2. The predicted octanol–water partition coefficient (Wildman–Crippen LogP) is 5.64. The second kappa shape index (κ2) is 13.0. The molecule has 3 aromatic carbocycles. The van der Waals surface area contributed by atoms with Crippen molar-refractivity contribution in [3.63, 3.8) is 0 Å². The number of hydrogen-bond acceptors (Lipinski definition) is 3. The number of nitrogens with one attached hydrogen (secondary N) is 1. The van der Waals surface area contributed by atoms with E-state index >= 15 is 0 Å². The van der Waals surface area contributed by atoms with Crippen LogP contribution in [0.25, 0.3) is 0 Å². The number of nitrogens with zero attached hydrogens (tertiary/aromatic N) is 1. The summed E-state index contributed by atoms with van der Waals surface area (Å²) in [5.41, 5.74) is 3.19. The highest BCUT2D eigenvalue weighted by Gasteiger charge is 2.31. The van der Waals surface area contributed by atoms with E-state index in [1.807, 2.05) is 106 Å². The molecule has 0 spiro atoms. The molecule has 3 aromatic rings. The Kier molecular flexibility index (Phi) is 9.77. The Labute approximate surface area is 207 Å². The fourth-order valence-electron chi connectivity index (χ4n) is 3.71. The molecule has 34 heavy (non-hydrogen) atoms. The van der Waals surface area contributed by atoms with Crippen molar-refractivity contribution in [1.82, 2.24) is 10.2 Å². The van der Waals surface area contributed by atoms with Gasteiger partial charge in [-0.3, -0.25) is 9.59 Å². The third-order valence-corrected chi connectivity index (χ3v) is 6.98. The number of carbonyl (C=O) groups excluding carboxylic acids is 2. The Bertz CT molecular complexity index is 1060. The van der Waals surface area contributed by atoms with Gasteiger partial charge in [0.05, 0.1) is 5.75 Å². The molecule has 0 heterocycles. The van der Waals surface area contributed by atoms with Crippen LogP contribution in [-0.2, 0) is 22.6 Å². The van der Waals surface area contributed by atoms with Crippen molar-refractivity contribution in [2.24, 2.45) is 0 Å². The second-order valence-electron chi connectivity index (χ2n) is 8.57. The lowest BCUT2D eigenvalue weighted by Gasteiger charge is -2.32. The number of thioether (sulfide) groups is 1. The zero-order chi connectivity index (χ0) is 24.3. The molecular weight excluding hydrogens is 440 g/mol. The molecule has 178 valence electrons. The minimum atomic E-state index is -0.597. The SMILES string of the molecule is CCC(C)NC(=O)C(Cc1ccccc1)N(Cc1ccccc1C)C(=O)CSc1ccccc1. The lowest BCUT2D eigenvalue weighted by atomic mass is 10.0. The summed E-state index contributed by atoms with van der Waals surface area (Å²) >= 11 is 1.50. The van der Waals surface area contributed by atoms with Crippen LogP contribution in [0.5, 0.6) is 0 Å². The van der Waals surface area contributed by atoms with Gasteiger partial charge in [0.1, 0.15) is 6.04 Å². The summed E-state index contributed by atoms with van der Waals surface area (Å²) in [4.78, 5) is 30.0. The second-order valence-corrected chi connectivity index (χ2v) is 9.62. The van der Waals surface area contributed by atoms with Crippen LogP contribution in [0.3, 0.4) is 0 Å². The molecule has 2 atom stereocenters. The van der Waals surface area contributed by atoms with Gasteiger partial charge in [0.2, 0.25) is 11.8 Å². The minimum Gasteiger partial charge on any atom is -0.352 e. The highest BCUT2D eigenvalue weighted by molar-refractivity contribution is 8.00. The van der Waals surface area contributed by atoms with E-state index < -0.39 is 6.04 Å². The lowest BCUT2D eigenvalue weighted by molar-refractivity contribution is -0.139. The summed E-state index contributed by atoms with van der Waals surface area (Å²) < 4.78 is 0. The van der Waals surface area contributed by atoms with E-state index in [4.69, 9.17) is 0 Å². The van der Waals surface area contributed by atoms with Gasteiger partial charge in [-0.15, -0.1) is 11.8 Å². The summed E-state index contributed by atoms with van der Waals surface area (Å²) in [5, 5.41) is 3.12. The van der Waals surface area contributed by atoms with Crippen LogP contribution in [0.4, 0.5) is 0 Å². The molecule has 0 saturated heterocycles. The van der Waals surface area contributed by atoms with Crippen molar-refractivity contribution in [3.8, 4) is 0 Å². The Morgan fingerprint density at radius 3 is 2.18 bits per heavy atom. The van der Waals surface area contributed by atoms with Crippen LogP contribution in [0, 0.1) is 6.92 Å². The number of amides is 2. The van der Waals surface area contributed by atoms with Gasteiger partial charge in [-0.05, 0) is 49.1 Å². The van der Waals surface area contributed by atoms with Crippen molar-refractivity contribution >= 4 is 23.6 Å². The average Bonchev–Trinajstić information content (AvgIpc) is 2.86. The van der Waals surface area contributed by atoms with Crippen molar-refractivity contribution in [1.29, 1.82) is 0 Å². The maximum absolute atomic E-state index is 13.6. The first kappa shape index (κ1) is 25.6. The third kappa shape index (κ3) is 7.49. The van der Waals surface area contributed by atoms with E-state index in [9.17, 15) is 9.59 Å². The smallest absolute Gasteiger partial charge is 0.243 e. The first-order valence-corrected chi connectivity index (χ1v) is 12.8. The molecule has 0 aliphatic rings. The molecule has 1 N–H and O–H groups in total. The lowest BCUT2D eigenvalue weighted by Crippen LogP contribution is -2.52. The van der Waals surface area contributed by atoms with E-state index in [2.05, 4.69) is 5.32 Å². The summed E-state index contributed by atoms with van der Waals surface area (Å²) in [6.07, 6.45) is 1.30. The third-order valence-electron chi connectivity index (χ3n) is 5.98. The average molecular weight is 475 g/mol. The summed E-state index contributed by atoms with van der Waals surface area (Å²) in [7, 11) is 0. The van der Waals surface area contributed by atoms with Crippen LogP contribution in [-0.4, -0.2) is 34.6 Å². The largest absolute Gasteiger partial charge is 0.352 e. The summed E-state index contributed by atoms with van der Waals surface area (Å²) in [5.74, 6) is 0.125. The molecular formula is C29H34N2O2S. The van der Waals surface area contributed by atoms with Crippen molar-refractivity contribution in [2.45, 2.75) is 57.1 Å². The highest BCUT2D eigenvalue weighted by Crippen LogP contribution is 2.22. The van der Waals surface area contributed by atoms with Crippen LogP contribution in [0.2, 0.25) is 0 Å². The van der Waals surface area contributed by atoms with E-state index in [1.165, 1.54) is 11.8 Å². The van der Waals surface area contributed by atoms with Crippen LogP contribution < -0.4 is 5.32 Å². The Morgan fingerprint density at radius 1 is 0.912 bits per heavy atom. The standard InChI is InChI=1S/C29H34N2O2S/c1-4-23(3)30-29(33)27(19-24-14-7-5-8-15-24)31(20-25-16-12-11-13-22(25)2)28(32)21-34-26-17-9-6-10-18-26/h5-18,23,27H,4,19-21H2,1-3H3,(H,30,33). The minimum absolute atomic E-state index is 0.0416. The van der Waals surface area contributed by atoms with Crippen LogP contribution in [0.1, 0.15) is 37.0 Å². The van der Waals surface area contributed by atoms with E-state index in [-0.39, 0.29) is 23.6 Å². The van der Waals surface area contributed by atoms with Gasteiger partial charge in [0.15, 0.2) is 0 Å². The normalized spacial score (nSPS) is 12.6. The fourth-order valence-corrected chi connectivity index (χ4v) is 4.52. The summed E-state index contributed by atoms with van der Waals surface area (Å²) in [6.45, 7) is 6.48. The van der Waals surface area contributed by atoms with Gasteiger partial charge in [-0.25, -0.2) is 0 Å². The fraction of sp³-hybridized carbons (Fsp3) is 0.310. The van der Waals surface area contributed by atoms with Gasteiger partial charge >= 0.3 is 0 Å². The molecule has 3 rings (SSSR count). The summed E-state index contributed by atoms with van der Waals surface area (Å²) in [6, 6.07) is 27.3. The maximum Gasteiger partial charge on any atom is 0.243 e. The topological polar surface area (TPSA) is 49.4 Å². The predicted molar refractivity (Wildman–Crippen MR) is 141 cm³/mol. The quantitative estimate of drug-likeness (QED) is 0.366. The van der Waals surface area contributed by atoms with Gasteiger partial charge in [0.25, 0.3) is 0 Å². The Balaban J connectivity index is 1.92. The van der Waals surface area contributed by atoms with Gasteiger partial charge in [-0.2, -0.15) is 0 Å². The zero-order valence-corrected chi connectivity index (χ0v) is 21.1. The molecule has 5 heteroatoms. The van der Waals surface area contributed by atoms with Crippen molar-refractivity contribution in [3.05, 3.63) is 102 Å². The van der Waals surface area contributed by atoms with Crippen LogP contribution >= 0.6 is 11.8 Å². The molecule has 2 amide bonds. The zero-order valence-electron chi connectivity index (χ0n) is 20.2.